The highest BCUT2D eigenvalue weighted by molar-refractivity contribution is 9.10. The maximum absolute atomic E-state index is 10.9. The zero-order chi connectivity index (χ0) is 12.1. The van der Waals surface area contributed by atoms with Crippen molar-refractivity contribution >= 4 is 33.3 Å². The molecule has 0 spiro atoms. The molecule has 0 amide bonds. The van der Waals surface area contributed by atoms with Crippen LogP contribution in [0.15, 0.2) is 22.7 Å². The van der Waals surface area contributed by atoms with E-state index in [1.54, 1.807) is 12.1 Å². The number of ether oxygens (including phenoxy) is 1. The van der Waals surface area contributed by atoms with Gasteiger partial charge in [0.15, 0.2) is 0 Å². The summed E-state index contributed by atoms with van der Waals surface area (Å²) in [5.41, 5.74) is 0.163. The Bertz CT molecular complexity index is 422. The number of nitro benzene ring substituents is 1. The average molecular weight is 289 g/mol. The lowest BCUT2D eigenvalue weighted by atomic mass is 10.2. The monoisotopic (exact) mass is 288 g/mol. The van der Waals surface area contributed by atoms with Crippen molar-refractivity contribution in [3.05, 3.63) is 32.8 Å². The lowest BCUT2D eigenvalue weighted by Gasteiger charge is -2.07. The van der Waals surface area contributed by atoms with Gasteiger partial charge >= 0.3 is 5.97 Å². The fourth-order valence-electron chi connectivity index (χ4n) is 1.07. The van der Waals surface area contributed by atoms with Gasteiger partial charge in [0.2, 0.25) is 0 Å². The lowest BCUT2D eigenvalue weighted by Crippen LogP contribution is -2.16. The van der Waals surface area contributed by atoms with E-state index < -0.39 is 10.9 Å². The molecule has 86 valence electrons. The number of carbonyl (C=O) groups is 1. The summed E-state index contributed by atoms with van der Waals surface area (Å²) in [4.78, 5) is 21.1. The smallest absolute Gasteiger partial charge is 0.325 e. The first-order valence-corrected chi connectivity index (χ1v) is 5.09. The number of carbonyl (C=O) groups excluding carboxylic acids is 1. The minimum atomic E-state index is -0.523. The molecule has 0 bridgehead atoms. The number of anilines is 1. The van der Waals surface area contributed by atoms with Gasteiger partial charge in [-0.25, -0.2) is 0 Å². The van der Waals surface area contributed by atoms with Gasteiger partial charge in [-0.15, -0.1) is 0 Å². The van der Waals surface area contributed by atoms with Gasteiger partial charge in [-0.2, -0.15) is 0 Å². The Kier molecular flexibility index (Phi) is 4.24. The Morgan fingerprint density at radius 3 is 2.88 bits per heavy atom. The normalized spacial score (nSPS) is 9.62. The third kappa shape index (κ3) is 2.93. The van der Waals surface area contributed by atoms with E-state index >= 15 is 0 Å². The fraction of sp³-hybridized carbons (Fsp3) is 0.222. The van der Waals surface area contributed by atoms with Crippen molar-refractivity contribution in [2.75, 3.05) is 19.0 Å². The van der Waals surface area contributed by atoms with Crippen LogP contribution >= 0.6 is 15.9 Å². The topological polar surface area (TPSA) is 81.5 Å². The van der Waals surface area contributed by atoms with E-state index in [-0.39, 0.29) is 17.9 Å². The molecule has 7 heteroatoms. The van der Waals surface area contributed by atoms with Crippen molar-refractivity contribution in [3.8, 4) is 0 Å². The highest BCUT2D eigenvalue weighted by Gasteiger charge is 2.16. The molecule has 0 saturated heterocycles. The van der Waals surface area contributed by atoms with Crippen LogP contribution in [0.1, 0.15) is 0 Å². The van der Waals surface area contributed by atoms with E-state index in [9.17, 15) is 14.9 Å². The second kappa shape index (κ2) is 5.45. The van der Waals surface area contributed by atoms with E-state index in [1.165, 1.54) is 13.2 Å². The molecule has 6 nitrogen and oxygen atoms in total. The average Bonchev–Trinajstić information content (AvgIpc) is 2.26. The summed E-state index contributed by atoms with van der Waals surface area (Å²) in [5, 5.41) is 13.4. The lowest BCUT2D eigenvalue weighted by molar-refractivity contribution is -0.384. The number of rotatable bonds is 4. The SMILES string of the molecule is COC(=O)CNc1c(Br)cccc1[N+](=O)[O-]. The Balaban J connectivity index is 2.93. The number of hydrogen-bond acceptors (Lipinski definition) is 5. The summed E-state index contributed by atoms with van der Waals surface area (Å²) in [6.45, 7) is -0.125. The molecule has 1 aromatic rings. The molecule has 16 heavy (non-hydrogen) atoms. The first-order valence-electron chi connectivity index (χ1n) is 4.30. The Hall–Kier alpha value is -1.63. The minimum absolute atomic E-state index is 0.0988. The second-order valence-corrected chi connectivity index (χ2v) is 3.68. The number of nitro groups is 1. The molecule has 0 fully saturated rings. The van der Waals surface area contributed by atoms with E-state index in [0.29, 0.717) is 4.47 Å². The molecular formula is C9H9BrN2O4. The highest BCUT2D eigenvalue weighted by Crippen LogP contribution is 2.31. The molecule has 1 rings (SSSR count). The Morgan fingerprint density at radius 2 is 2.31 bits per heavy atom. The Morgan fingerprint density at radius 1 is 1.62 bits per heavy atom. The van der Waals surface area contributed by atoms with Crippen LogP contribution in [0.25, 0.3) is 0 Å². The number of benzene rings is 1. The molecule has 1 N–H and O–H groups in total. The largest absolute Gasteiger partial charge is 0.468 e. The van der Waals surface area contributed by atoms with Gasteiger partial charge < -0.3 is 10.1 Å². The van der Waals surface area contributed by atoms with Gasteiger partial charge in [0.05, 0.1) is 12.0 Å². The maximum Gasteiger partial charge on any atom is 0.325 e. The molecule has 1 aromatic carbocycles. The van der Waals surface area contributed by atoms with Gasteiger partial charge in [0.1, 0.15) is 12.2 Å². The first kappa shape index (κ1) is 12.4. The van der Waals surface area contributed by atoms with Crippen molar-refractivity contribution < 1.29 is 14.5 Å². The van der Waals surface area contributed by atoms with Crippen LogP contribution in [0.3, 0.4) is 0 Å². The Labute approximate surface area is 99.9 Å². The van der Waals surface area contributed by atoms with E-state index in [2.05, 4.69) is 26.0 Å². The maximum atomic E-state index is 10.9. The number of methoxy groups -OCH3 is 1. The summed E-state index contributed by atoms with van der Waals surface area (Å²) >= 11 is 3.17. The molecule has 0 aliphatic heterocycles. The standard InChI is InChI=1S/C9H9BrN2O4/c1-16-8(13)5-11-9-6(10)3-2-4-7(9)12(14)15/h2-4,11H,5H2,1H3. The first-order chi connectivity index (χ1) is 7.56. The van der Waals surface area contributed by atoms with Crippen LogP contribution in [0.2, 0.25) is 0 Å². The van der Waals surface area contributed by atoms with Gasteiger partial charge in [0, 0.05) is 10.5 Å². The van der Waals surface area contributed by atoms with Crippen molar-refractivity contribution in [2.24, 2.45) is 0 Å². The van der Waals surface area contributed by atoms with Crippen molar-refractivity contribution in [2.45, 2.75) is 0 Å². The van der Waals surface area contributed by atoms with Crippen molar-refractivity contribution in [1.29, 1.82) is 0 Å². The molecule has 0 aliphatic carbocycles. The van der Waals surface area contributed by atoms with Crippen LogP contribution in [0.5, 0.6) is 0 Å². The molecule has 0 aromatic heterocycles. The zero-order valence-electron chi connectivity index (χ0n) is 8.40. The molecule has 0 heterocycles. The number of nitrogens with one attached hydrogen (secondary N) is 1. The number of esters is 1. The summed E-state index contributed by atoms with van der Waals surface area (Å²) in [6, 6.07) is 4.54. The van der Waals surface area contributed by atoms with Gasteiger partial charge in [-0.1, -0.05) is 6.07 Å². The fourth-order valence-corrected chi connectivity index (χ4v) is 1.57. The molecular weight excluding hydrogens is 280 g/mol. The number of halogens is 1. The number of hydrogen-bond donors (Lipinski definition) is 1. The molecule has 0 atom stereocenters. The van der Waals surface area contributed by atoms with E-state index in [0.717, 1.165) is 0 Å². The summed E-state index contributed by atoms with van der Waals surface area (Å²) < 4.78 is 4.94. The van der Waals surface area contributed by atoms with Gasteiger partial charge in [-0.05, 0) is 22.0 Å². The van der Waals surface area contributed by atoms with Gasteiger partial charge in [0.25, 0.3) is 5.69 Å². The third-order valence-corrected chi connectivity index (χ3v) is 2.49. The molecule has 0 radical (unpaired) electrons. The highest BCUT2D eigenvalue weighted by atomic mass is 79.9. The quantitative estimate of drug-likeness (QED) is 0.520. The van der Waals surface area contributed by atoms with Crippen LogP contribution in [0.4, 0.5) is 11.4 Å². The van der Waals surface area contributed by atoms with Crippen molar-refractivity contribution in [1.82, 2.24) is 0 Å². The summed E-state index contributed by atoms with van der Waals surface area (Å²) in [6.07, 6.45) is 0. The van der Waals surface area contributed by atoms with Crippen molar-refractivity contribution in [3.63, 3.8) is 0 Å². The molecule has 0 aliphatic rings. The second-order valence-electron chi connectivity index (χ2n) is 2.82. The number of para-hydroxylation sites is 1. The predicted octanol–water partition coefficient (Wildman–Crippen LogP) is 1.94. The molecule has 0 unspecified atom stereocenters. The minimum Gasteiger partial charge on any atom is -0.468 e. The molecule has 0 saturated carbocycles. The van der Waals surface area contributed by atoms with Crippen LogP contribution < -0.4 is 5.32 Å². The number of nitrogens with zero attached hydrogens (tertiary/aromatic N) is 1. The summed E-state index contributed by atoms with van der Waals surface area (Å²) in [5.74, 6) is -0.495. The third-order valence-electron chi connectivity index (χ3n) is 1.83. The predicted molar refractivity (Wildman–Crippen MR) is 61.3 cm³/mol. The van der Waals surface area contributed by atoms with Crippen LogP contribution in [-0.4, -0.2) is 24.5 Å². The van der Waals surface area contributed by atoms with E-state index in [1.807, 2.05) is 0 Å². The summed E-state index contributed by atoms with van der Waals surface area (Å²) in [7, 11) is 1.25. The van der Waals surface area contributed by atoms with Crippen LogP contribution in [-0.2, 0) is 9.53 Å². The zero-order valence-corrected chi connectivity index (χ0v) is 9.98. The van der Waals surface area contributed by atoms with Crippen LogP contribution in [0, 0.1) is 10.1 Å². The van der Waals surface area contributed by atoms with Gasteiger partial charge in [-0.3, -0.25) is 14.9 Å². The van der Waals surface area contributed by atoms with E-state index in [4.69, 9.17) is 0 Å².